The van der Waals surface area contributed by atoms with Gasteiger partial charge in [-0.05, 0) is 18.6 Å². The molecule has 0 aliphatic carbocycles. The van der Waals surface area contributed by atoms with E-state index in [4.69, 9.17) is 5.26 Å². The lowest BCUT2D eigenvalue weighted by molar-refractivity contribution is -0.386. The van der Waals surface area contributed by atoms with Gasteiger partial charge in [0.25, 0.3) is 0 Å². The van der Waals surface area contributed by atoms with E-state index in [1.165, 1.54) is 0 Å². The summed E-state index contributed by atoms with van der Waals surface area (Å²) in [6.45, 7) is 1.71. The number of nitriles is 1. The van der Waals surface area contributed by atoms with E-state index in [1.807, 2.05) is 6.07 Å². The predicted octanol–water partition coefficient (Wildman–Crippen LogP) is 1.27. The van der Waals surface area contributed by atoms with Crippen molar-refractivity contribution in [3.8, 4) is 11.8 Å². The molecule has 0 heterocycles. The summed E-state index contributed by atoms with van der Waals surface area (Å²) >= 11 is 0. The fourth-order valence-electron chi connectivity index (χ4n) is 1.48. The van der Waals surface area contributed by atoms with E-state index in [0.717, 1.165) is 18.2 Å². The Bertz CT molecular complexity index is 651. The molecule has 1 aromatic rings. The number of phenolic OH excluding ortho intramolecular Hbond substituents is 1. The molecule has 0 aliphatic heterocycles. The smallest absolute Gasteiger partial charge is 0.312 e. The number of aromatic hydroxyl groups is 1. The van der Waals surface area contributed by atoms with Crippen LogP contribution in [-0.2, 0) is 10.0 Å². The first kappa shape index (κ1) is 15.9. The van der Waals surface area contributed by atoms with Crippen molar-refractivity contribution in [3.63, 3.8) is 0 Å². The number of hydrogen-bond donors (Lipinski definition) is 2. The third-order valence-electron chi connectivity index (χ3n) is 2.61. The monoisotopic (exact) mass is 299 g/mol. The molecule has 1 rings (SSSR count). The number of rotatable bonds is 6. The number of phenols is 1. The lowest BCUT2D eigenvalue weighted by atomic mass is 10.2. The Hall–Kier alpha value is -2.18. The molecule has 0 amide bonds. The highest BCUT2D eigenvalue weighted by atomic mass is 32.2. The molecule has 0 radical (unpaired) electrons. The van der Waals surface area contributed by atoms with Gasteiger partial charge in [0, 0.05) is 12.1 Å². The standard InChI is InChI=1S/C11H13N3O5S/c1-2-8(5-6-12)13-20(18,19)9-3-4-11(15)10(7-9)14(16)17/h3-4,7-8,13,15H,2,5H2,1H3. The zero-order valence-electron chi connectivity index (χ0n) is 10.6. The van der Waals surface area contributed by atoms with Crippen LogP contribution in [0.1, 0.15) is 19.8 Å². The van der Waals surface area contributed by atoms with E-state index in [2.05, 4.69) is 4.72 Å². The van der Waals surface area contributed by atoms with Crippen molar-refractivity contribution in [2.75, 3.05) is 0 Å². The van der Waals surface area contributed by atoms with Gasteiger partial charge in [0.2, 0.25) is 10.0 Å². The van der Waals surface area contributed by atoms with Gasteiger partial charge in [-0.25, -0.2) is 13.1 Å². The average molecular weight is 299 g/mol. The highest BCUT2D eigenvalue weighted by Crippen LogP contribution is 2.28. The van der Waals surface area contributed by atoms with Gasteiger partial charge in [-0.15, -0.1) is 0 Å². The van der Waals surface area contributed by atoms with Gasteiger partial charge < -0.3 is 5.11 Å². The Labute approximate surface area is 115 Å². The van der Waals surface area contributed by atoms with Gasteiger partial charge in [-0.3, -0.25) is 10.1 Å². The largest absolute Gasteiger partial charge is 0.502 e. The van der Waals surface area contributed by atoms with Crippen LogP contribution in [0.25, 0.3) is 0 Å². The summed E-state index contributed by atoms with van der Waals surface area (Å²) < 4.78 is 26.4. The number of benzene rings is 1. The molecule has 1 aromatic carbocycles. The summed E-state index contributed by atoms with van der Waals surface area (Å²) in [6, 6.07) is 4.06. The van der Waals surface area contributed by atoms with E-state index in [9.17, 15) is 23.6 Å². The van der Waals surface area contributed by atoms with Gasteiger partial charge in [-0.1, -0.05) is 6.92 Å². The van der Waals surface area contributed by atoms with Crippen molar-refractivity contribution in [2.45, 2.75) is 30.7 Å². The Balaban J connectivity index is 3.13. The maximum atomic E-state index is 12.0. The van der Waals surface area contributed by atoms with Crippen molar-refractivity contribution in [1.82, 2.24) is 4.72 Å². The van der Waals surface area contributed by atoms with Crippen LogP contribution in [0, 0.1) is 21.4 Å². The van der Waals surface area contributed by atoms with Crippen molar-refractivity contribution in [2.24, 2.45) is 0 Å². The van der Waals surface area contributed by atoms with Crippen molar-refractivity contribution in [1.29, 1.82) is 5.26 Å². The maximum absolute atomic E-state index is 12.0. The molecule has 0 aliphatic rings. The lowest BCUT2D eigenvalue weighted by Gasteiger charge is -2.13. The number of nitrogens with one attached hydrogen (secondary N) is 1. The van der Waals surface area contributed by atoms with Crippen LogP contribution in [0.2, 0.25) is 0 Å². The molecule has 1 unspecified atom stereocenters. The molecule has 0 fully saturated rings. The number of sulfonamides is 1. The SMILES string of the molecule is CCC(CC#N)NS(=O)(=O)c1ccc(O)c([N+](=O)[O-])c1. The normalized spacial score (nSPS) is 12.6. The zero-order chi connectivity index (χ0) is 15.3. The summed E-state index contributed by atoms with van der Waals surface area (Å²) in [6.07, 6.45) is 0.406. The molecule has 0 aromatic heterocycles. The molecule has 108 valence electrons. The summed E-state index contributed by atoms with van der Waals surface area (Å²) in [5.41, 5.74) is -0.693. The molecule has 0 saturated carbocycles. The van der Waals surface area contributed by atoms with E-state index in [-0.39, 0.29) is 11.3 Å². The van der Waals surface area contributed by atoms with Crippen molar-refractivity contribution < 1.29 is 18.4 Å². The van der Waals surface area contributed by atoms with Crippen LogP contribution in [-0.4, -0.2) is 24.5 Å². The molecule has 8 nitrogen and oxygen atoms in total. The first-order valence-corrected chi connectivity index (χ1v) is 7.16. The number of hydrogen-bond acceptors (Lipinski definition) is 6. The predicted molar refractivity (Wildman–Crippen MR) is 69.4 cm³/mol. The van der Waals surface area contributed by atoms with Crippen molar-refractivity contribution >= 4 is 15.7 Å². The molecule has 0 spiro atoms. The minimum Gasteiger partial charge on any atom is -0.502 e. The molecule has 2 N–H and O–H groups in total. The molecule has 0 saturated heterocycles. The second kappa shape index (κ2) is 6.31. The van der Waals surface area contributed by atoms with Gasteiger partial charge in [0.15, 0.2) is 5.75 Å². The second-order valence-corrected chi connectivity index (χ2v) is 5.71. The number of nitrogens with zero attached hydrogens (tertiary/aromatic N) is 2. The molecule has 0 bridgehead atoms. The highest BCUT2D eigenvalue weighted by Gasteiger charge is 2.23. The Kier molecular flexibility index (Phi) is 5.01. The van der Waals surface area contributed by atoms with E-state index in [0.29, 0.717) is 6.42 Å². The van der Waals surface area contributed by atoms with E-state index < -0.39 is 32.4 Å². The molecule has 1 atom stereocenters. The fraction of sp³-hybridized carbons (Fsp3) is 0.364. The summed E-state index contributed by atoms with van der Waals surface area (Å²) in [4.78, 5) is 9.46. The Morgan fingerprint density at radius 1 is 1.55 bits per heavy atom. The third-order valence-corrected chi connectivity index (χ3v) is 4.12. The first-order valence-electron chi connectivity index (χ1n) is 5.68. The first-order chi connectivity index (χ1) is 9.31. The quantitative estimate of drug-likeness (QED) is 0.600. The number of nitro groups is 1. The maximum Gasteiger partial charge on any atom is 0.312 e. The van der Waals surface area contributed by atoms with E-state index in [1.54, 1.807) is 6.92 Å². The third kappa shape index (κ3) is 3.66. The van der Waals surface area contributed by atoms with Crippen LogP contribution in [0.4, 0.5) is 5.69 Å². The van der Waals surface area contributed by atoms with Crippen LogP contribution in [0.3, 0.4) is 0 Å². The number of nitro benzene ring substituents is 1. The second-order valence-electron chi connectivity index (χ2n) is 4.00. The zero-order valence-corrected chi connectivity index (χ0v) is 11.4. The Morgan fingerprint density at radius 3 is 2.70 bits per heavy atom. The molecular formula is C11H13N3O5S. The van der Waals surface area contributed by atoms with Gasteiger partial charge in [0.1, 0.15) is 0 Å². The van der Waals surface area contributed by atoms with Gasteiger partial charge in [-0.2, -0.15) is 5.26 Å². The molecule has 9 heteroatoms. The van der Waals surface area contributed by atoms with Crippen LogP contribution in [0.15, 0.2) is 23.1 Å². The topological polar surface area (TPSA) is 133 Å². The summed E-state index contributed by atoms with van der Waals surface area (Å²) in [5, 5.41) is 28.5. The Morgan fingerprint density at radius 2 is 2.20 bits per heavy atom. The van der Waals surface area contributed by atoms with Crippen molar-refractivity contribution in [3.05, 3.63) is 28.3 Å². The van der Waals surface area contributed by atoms with Crippen LogP contribution >= 0.6 is 0 Å². The minimum absolute atomic E-state index is 0.00406. The lowest BCUT2D eigenvalue weighted by Crippen LogP contribution is -2.34. The highest BCUT2D eigenvalue weighted by molar-refractivity contribution is 7.89. The van der Waals surface area contributed by atoms with E-state index >= 15 is 0 Å². The van der Waals surface area contributed by atoms with Gasteiger partial charge in [0.05, 0.1) is 22.3 Å². The molecular weight excluding hydrogens is 286 g/mol. The molecule has 20 heavy (non-hydrogen) atoms. The van der Waals surface area contributed by atoms with Gasteiger partial charge >= 0.3 is 5.69 Å². The minimum atomic E-state index is -3.98. The fourth-order valence-corrected chi connectivity index (χ4v) is 2.82. The van der Waals surface area contributed by atoms with Crippen LogP contribution < -0.4 is 4.72 Å². The average Bonchev–Trinajstić information content (AvgIpc) is 2.37. The summed E-state index contributed by atoms with van der Waals surface area (Å²) in [7, 11) is -3.98. The summed E-state index contributed by atoms with van der Waals surface area (Å²) in [5.74, 6) is -0.613. The van der Waals surface area contributed by atoms with Crippen LogP contribution in [0.5, 0.6) is 5.75 Å².